The van der Waals surface area contributed by atoms with Gasteiger partial charge in [0.25, 0.3) is 0 Å². The highest BCUT2D eigenvalue weighted by atomic mass is 35.5. The second-order valence-corrected chi connectivity index (χ2v) is 12.9. The summed E-state index contributed by atoms with van der Waals surface area (Å²) in [7, 11) is -3.71. The van der Waals surface area contributed by atoms with Gasteiger partial charge in [-0.1, -0.05) is 24.4 Å². The number of carbonyl (C=O) groups excluding carboxylic acids is 1. The van der Waals surface area contributed by atoms with Gasteiger partial charge in [-0.3, -0.25) is 0 Å². The molecule has 3 aliphatic heterocycles. The molecule has 2 unspecified atom stereocenters. The van der Waals surface area contributed by atoms with Crippen molar-refractivity contribution >= 4 is 27.7 Å². The van der Waals surface area contributed by atoms with Crippen molar-refractivity contribution in [2.75, 3.05) is 32.8 Å². The van der Waals surface area contributed by atoms with Crippen molar-refractivity contribution in [2.24, 2.45) is 5.92 Å². The van der Waals surface area contributed by atoms with E-state index in [-0.39, 0.29) is 29.7 Å². The van der Waals surface area contributed by atoms with E-state index in [1.807, 2.05) is 0 Å². The summed E-state index contributed by atoms with van der Waals surface area (Å²) in [5, 5.41) is 0.510. The standard InChI is InChI=1S/C26H38ClN3O4S/c27-21-9-11-24(12-10-21)35(32,33)30-23(5-4-6-25(30)20-7-8-20)19-34-26(31)29-17-13-22(14-18-29)28-15-2-1-3-16-28/h9-12,20,22-23,25H,1-8,13-19H2. The minimum Gasteiger partial charge on any atom is -0.448 e. The molecule has 9 heteroatoms. The van der Waals surface area contributed by atoms with Gasteiger partial charge in [-0.15, -0.1) is 0 Å². The largest absolute Gasteiger partial charge is 0.448 e. The van der Waals surface area contributed by atoms with Crippen molar-refractivity contribution in [3.8, 4) is 0 Å². The quantitative estimate of drug-likeness (QED) is 0.538. The van der Waals surface area contributed by atoms with Crippen molar-refractivity contribution in [3.05, 3.63) is 29.3 Å². The fourth-order valence-electron chi connectivity index (χ4n) is 6.23. The van der Waals surface area contributed by atoms with Crippen LogP contribution in [0.1, 0.15) is 64.2 Å². The molecule has 0 aromatic heterocycles. The van der Waals surface area contributed by atoms with Gasteiger partial charge in [0.2, 0.25) is 10.0 Å². The Morgan fingerprint density at radius 3 is 2.23 bits per heavy atom. The molecule has 1 aliphatic carbocycles. The predicted octanol–water partition coefficient (Wildman–Crippen LogP) is 4.75. The van der Waals surface area contributed by atoms with Crippen LogP contribution >= 0.6 is 11.6 Å². The first kappa shape index (κ1) is 25.3. The third kappa shape index (κ3) is 5.81. The molecule has 4 aliphatic rings. The zero-order valence-corrected chi connectivity index (χ0v) is 22.1. The van der Waals surface area contributed by atoms with Gasteiger partial charge in [0.15, 0.2) is 0 Å². The van der Waals surface area contributed by atoms with Crippen LogP contribution in [0.4, 0.5) is 4.79 Å². The molecule has 1 aromatic rings. The minimum absolute atomic E-state index is 0.0200. The lowest BCUT2D eigenvalue weighted by molar-refractivity contribution is 0.0430. The Hall–Kier alpha value is -1.35. The Morgan fingerprint density at radius 2 is 1.57 bits per heavy atom. The van der Waals surface area contributed by atoms with Gasteiger partial charge in [-0.05, 0) is 94.6 Å². The molecule has 0 radical (unpaired) electrons. The maximum atomic E-state index is 13.7. The number of rotatable bonds is 6. The minimum atomic E-state index is -3.71. The summed E-state index contributed by atoms with van der Waals surface area (Å²) < 4.78 is 34.9. The number of likely N-dealkylation sites (tertiary alicyclic amines) is 2. The second-order valence-electron chi connectivity index (χ2n) is 10.7. The van der Waals surface area contributed by atoms with Gasteiger partial charge in [0, 0.05) is 30.2 Å². The van der Waals surface area contributed by atoms with Crippen LogP contribution in [0.15, 0.2) is 29.2 Å². The second kappa shape index (κ2) is 11.0. The number of piperidine rings is 3. The van der Waals surface area contributed by atoms with Crippen molar-refractivity contribution in [1.29, 1.82) is 0 Å². The summed E-state index contributed by atoms with van der Waals surface area (Å²) >= 11 is 6.00. The number of benzene rings is 1. The fraction of sp³-hybridized carbons (Fsp3) is 0.731. The van der Waals surface area contributed by atoms with Gasteiger partial charge in [0.1, 0.15) is 6.61 Å². The molecule has 1 saturated carbocycles. The van der Waals surface area contributed by atoms with Gasteiger partial charge in [-0.2, -0.15) is 4.31 Å². The predicted molar refractivity (Wildman–Crippen MR) is 136 cm³/mol. The first-order chi connectivity index (χ1) is 16.9. The monoisotopic (exact) mass is 523 g/mol. The molecule has 0 bridgehead atoms. The molecule has 2 atom stereocenters. The van der Waals surface area contributed by atoms with E-state index in [0.29, 0.717) is 36.5 Å². The summed E-state index contributed by atoms with van der Waals surface area (Å²) in [5.74, 6) is 0.407. The van der Waals surface area contributed by atoms with Crippen molar-refractivity contribution in [2.45, 2.75) is 87.2 Å². The first-order valence-electron chi connectivity index (χ1n) is 13.4. The van der Waals surface area contributed by atoms with Gasteiger partial charge in [0.05, 0.1) is 10.9 Å². The van der Waals surface area contributed by atoms with Crippen LogP contribution in [0.5, 0.6) is 0 Å². The molecule has 7 nitrogen and oxygen atoms in total. The molecular weight excluding hydrogens is 486 g/mol. The topological polar surface area (TPSA) is 70.2 Å². The summed E-state index contributed by atoms with van der Waals surface area (Å²) in [6.45, 7) is 3.89. The molecule has 1 amide bonds. The molecule has 35 heavy (non-hydrogen) atoms. The van der Waals surface area contributed by atoms with Gasteiger partial charge in [-0.25, -0.2) is 13.2 Å². The van der Waals surface area contributed by atoms with Gasteiger partial charge < -0.3 is 14.5 Å². The van der Waals surface area contributed by atoms with Crippen LogP contribution in [0.25, 0.3) is 0 Å². The number of hydrogen-bond donors (Lipinski definition) is 0. The van der Waals surface area contributed by atoms with E-state index in [1.165, 1.54) is 32.4 Å². The number of nitrogens with zero attached hydrogens (tertiary/aromatic N) is 3. The maximum Gasteiger partial charge on any atom is 0.409 e. The molecule has 3 heterocycles. The lowest BCUT2D eigenvalue weighted by Crippen LogP contribution is -2.53. The summed E-state index contributed by atoms with van der Waals surface area (Å²) in [4.78, 5) is 17.6. The van der Waals surface area contributed by atoms with Crippen molar-refractivity contribution in [1.82, 2.24) is 14.1 Å². The Bertz CT molecular complexity index is 971. The Balaban J connectivity index is 1.22. The number of halogens is 1. The van der Waals surface area contributed by atoms with Crippen LogP contribution in [0.3, 0.4) is 0 Å². The molecule has 194 valence electrons. The van der Waals surface area contributed by atoms with Crippen LogP contribution in [0, 0.1) is 5.92 Å². The smallest absolute Gasteiger partial charge is 0.409 e. The van der Waals surface area contributed by atoms with Crippen molar-refractivity contribution in [3.63, 3.8) is 0 Å². The first-order valence-corrected chi connectivity index (χ1v) is 15.2. The lowest BCUT2D eigenvalue weighted by Gasteiger charge is -2.42. The van der Waals surface area contributed by atoms with E-state index < -0.39 is 10.0 Å². The van der Waals surface area contributed by atoms with Crippen molar-refractivity contribution < 1.29 is 17.9 Å². The molecule has 0 N–H and O–H groups in total. The van der Waals surface area contributed by atoms with E-state index in [1.54, 1.807) is 33.5 Å². The highest BCUT2D eigenvalue weighted by molar-refractivity contribution is 7.89. The van der Waals surface area contributed by atoms with E-state index in [4.69, 9.17) is 16.3 Å². The number of ether oxygens (including phenoxy) is 1. The van der Waals surface area contributed by atoms with Crippen LogP contribution in [-0.4, -0.2) is 79.5 Å². The Kier molecular flexibility index (Phi) is 7.92. The van der Waals surface area contributed by atoms with Crippen LogP contribution in [0.2, 0.25) is 5.02 Å². The Morgan fingerprint density at radius 1 is 0.886 bits per heavy atom. The number of sulfonamides is 1. The lowest BCUT2D eigenvalue weighted by atomic mass is 9.96. The summed E-state index contributed by atoms with van der Waals surface area (Å²) in [6.07, 6.45) is 10.2. The molecule has 4 fully saturated rings. The average molecular weight is 524 g/mol. The molecule has 3 saturated heterocycles. The third-order valence-electron chi connectivity index (χ3n) is 8.31. The average Bonchev–Trinajstić information content (AvgIpc) is 3.73. The molecule has 1 aromatic carbocycles. The summed E-state index contributed by atoms with van der Waals surface area (Å²) in [5.41, 5.74) is 0. The zero-order valence-electron chi connectivity index (χ0n) is 20.5. The SMILES string of the molecule is O=C(OCC1CCCC(C2CC2)N1S(=O)(=O)c1ccc(Cl)cc1)N1CCC(N2CCCCC2)CC1. The fourth-order valence-corrected chi connectivity index (χ4v) is 8.27. The van der Waals surface area contributed by atoms with E-state index >= 15 is 0 Å². The zero-order chi connectivity index (χ0) is 24.4. The molecule has 5 rings (SSSR count). The van der Waals surface area contributed by atoms with Crippen LogP contribution in [-0.2, 0) is 14.8 Å². The third-order valence-corrected chi connectivity index (χ3v) is 10.6. The highest BCUT2D eigenvalue weighted by Gasteiger charge is 2.46. The molecule has 0 spiro atoms. The number of hydrogen-bond acceptors (Lipinski definition) is 5. The molecular formula is C26H38ClN3O4S. The maximum absolute atomic E-state index is 13.7. The number of amides is 1. The normalized spacial score (nSPS) is 27.6. The van der Waals surface area contributed by atoms with E-state index in [9.17, 15) is 13.2 Å². The highest BCUT2D eigenvalue weighted by Crippen LogP contribution is 2.43. The summed E-state index contributed by atoms with van der Waals surface area (Å²) in [6, 6.07) is 6.60. The van der Waals surface area contributed by atoms with Gasteiger partial charge >= 0.3 is 6.09 Å². The Labute approximate surface area is 214 Å². The number of carbonyl (C=O) groups is 1. The van der Waals surface area contributed by atoms with Crippen LogP contribution < -0.4 is 0 Å². The van der Waals surface area contributed by atoms with E-state index in [0.717, 1.165) is 38.5 Å². The van der Waals surface area contributed by atoms with E-state index in [2.05, 4.69) is 4.90 Å².